The van der Waals surface area contributed by atoms with Gasteiger partial charge in [-0.05, 0) is 49.2 Å². The second-order valence-corrected chi connectivity index (χ2v) is 10.1. The van der Waals surface area contributed by atoms with Crippen molar-refractivity contribution in [2.24, 2.45) is 5.92 Å². The Morgan fingerprint density at radius 2 is 1.74 bits per heavy atom. The summed E-state index contributed by atoms with van der Waals surface area (Å²) in [4.78, 5) is 14.8. The summed E-state index contributed by atoms with van der Waals surface area (Å²) in [6, 6.07) is 12.8. The molecule has 7 nitrogen and oxygen atoms in total. The van der Waals surface area contributed by atoms with Crippen LogP contribution in [0.4, 0.5) is 5.69 Å². The largest absolute Gasteiger partial charge is 0.350 e. The topological polar surface area (TPSA) is 76.2 Å². The van der Waals surface area contributed by atoms with Gasteiger partial charge in [-0.1, -0.05) is 23.7 Å². The number of carbonyl (C=O) groups is 1. The molecule has 2 saturated heterocycles. The smallest absolute Gasteiger partial charge is 0.264 e. The minimum Gasteiger partial charge on any atom is -0.350 e. The summed E-state index contributed by atoms with van der Waals surface area (Å²) >= 11 is 6.00. The lowest BCUT2D eigenvalue weighted by atomic mass is 9.95. The maximum atomic E-state index is 13.1. The van der Waals surface area contributed by atoms with Gasteiger partial charge in [0.1, 0.15) is 0 Å². The van der Waals surface area contributed by atoms with Crippen molar-refractivity contribution in [3.05, 3.63) is 59.1 Å². The number of benzene rings is 2. The molecule has 0 bridgehead atoms. The minimum atomic E-state index is -3.84. The zero-order valence-electron chi connectivity index (χ0n) is 17.2. The van der Waals surface area contributed by atoms with Gasteiger partial charge in [0.05, 0.1) is 23.8 Å². The van der Waals surface area contributed by atoms with Crippen LogP contribution in [0.25, 0.3) is 0 Å². The molecule has 0 atom stereocenters. The van der Waals surface area contributed by atoms with Crippen molar-refractivity contribution in [1.82, 2.24) is 4.90 Å². The molecule has 0 unspecified atom stereocenters. The first kappa shape index (κ1) is 22.1. The van der Waals surface area contributed by atoms with Crippen LogP contribution in [-0.4, -0.2) is 58.9 Å². The van der Waals surface area contributed by atoms with E-state index < -0.39 is 10.0 Å². The van der Waals surface area contributed by atoms with E-state index in [0.717, 1.165) is 17.1 Å². The van der Waals surface area contributed by atoms with E-state index in [4.69, 9.17) is 21.1 Å². The summed E-state index contributed by atoms with van der Waals surface area (Å²) in [6.45, 7) is 2.42. The Balaban J connectivity index is 1.48. The van der Waals surface area contributed by atoms with Gasteiger partial charge in [0.2, 0.25) is 0 Å². The number of anilines is 1. The van der Waals surface area contributed by atoms with Gasteiger partial charge >= 0.3 is 0 Å². The number of piperidine rings is 1. The molecule has 0 saturated carbocycles. The standard InChI is InChI=1S/C22H25ClN2O5S/c1-24(19-6-3-5-18(23)15-19)31(27,28)20-7-2-4-17(14-20)21(26)25-10-8-16(9-11-25)22-29-12-13-30-22/h2-7,14-16,22H,8-13H2,1H3. The lowest BCUT2D eigenvalue weighted by Crippen LogP contribution is -2.41. The van der Waals surface area contributed by atoms with Crippen LogP contribution in [0.3, 0.4) is 0 Å². The zero-order chi connectivity index (χ0) is 22.0. The van der Waals surface area contributed by atoms with Crippen LogP contribution in [0.5, 0.6) is 0 Å². The average molecular weight is 465 g/mol. The number of amides is 1. The Hall–Kier alpha value is -2.13. The molecule has 2 aliphatic rings. The maximum absolute atomic E-state index is 13.1. The van der Waals surface area contributed by atoms with Crippen LogP contribution in [0.2, 0.25) is 5.02 Å². The van der Waals surface area contributed by atoms with Gasteiger partial charge in [0.25, 0.3) is 15.9 Å². The van der Waals surface area contributed by atoms with Crippen LogP contribution in [0.15, 0.2) is 53.4 Å². The summed E-state index contributed by atoms with van der Waals surface area (Å²) in [5.74, 6) is 0.110. The van der Waals surface area contributed by atoms with E-state index in [2.05, 4.69) is 0 Å². The van der Waals surface area contributed by atoms with Gasteiger partial charge in [-0.15, -0.1) is 0 Å². The molecule has 0 spiro atoms. The average Bonchev–Trinajstić information content (AvgIpc) is 3.33. The molecule has 2 fully saturated rings. The maximum Gasteiger partial charge on any atom is 0.264 e. The van der Waals surface area contributed by atoms with Crippen LogP contribution >= 0.6 is 11.6 Å². The number of carbonyl (C=O) groups excluding carboxylic acids is 1. The predicted molar refractivity (Wildman–Crippen MR) is 118 cm³/mol. The number of nitrogens with zero attached hydrogens (tertiary/aromatic N) is 2. The van der Waals surface area contributed by atoms with Gasteiger partial charge < -0.3 is 14.4 Å². The Morgan fingerprint density at radius 1 is 1.06 bits per heavy atom. The number of hydrogen-bond donors (Lipinski definition) is 0. The Morgan fingerprint density at radius 3 is 2.42 bits per heavy atom. The molecule has 0 N–H and O–H groups in total. The third-order valence-corrected chi connectivity index (χ3v) is 7.79. The van der Waals surface area contributed by atoms with Crippen molar-refractivity contribution in [2.45, 2.75) is 24.0 Å². The van der Waals surface area contributed by atoms with E-state index >= 15 is 0 Å². The first-order valence-corrected chi connectivity index (χ1v) is 12.0. The fourth-order valence-electron chi connectivity index (χ4n) is 3.96. The summed E-state index contributed by atoms with van der Waals surface area (Å²) < 4.78 is 38.6. The van der Waals surface area contributed by atoms with E-state index in [9.17, 15) is 13.2 Å². The third kappa shape index (κ3) is 4.72. The van der Waals surface area contributed by atoms with Gasteiger partial charge in [-0.3, -0.25) is 9.10 Å². The second-order valence-electron chi connectivity index (χ2n) is 7.72. The molecule has 2 aromatic carbocycles. The van der Waals surface area contributed by atoms with Gasteiger partial charge in [0, 0.05) is 36.6 Å². The molecule has 0 radical (unpaired) electrons. The highest BCUT2D eigenvalue weighted by atomic mass is 35.5. The van der Waals surface area contributed by atoms with Crippen LogP contribution in [0.1, 0.15) is 23.2 Å². The van der Waals surface area contributed by atoms with Crippen molar-refractivity contribution in [3.8, 4) is 0 Å². The summed E-state index contributed by atoms with van der Waals surface area (Å²) in [6.07, 6.45) is 1.42. The SMILES string of the molecule is CN(c1cccc(Cl)c1)S(=O)(=O)c1cccc(C(=O)N2CCC(C3OCCO3)CC2)c1. The Bertz CT molecular complexity index is 1050. The molecule has 2 heterocycles. The predicted octanol–water partition coefficient (Wildman–Crippen LogP) is 3.39. The molecule has 1 amide bonds. The van der Waals surface area contributed by atoms with Crippen molar-refractivity contribution < 1.29 is 22.7 Å². The molecule has 166 valence electrons. The number of ether oxygens (including phenoxy) is 2. The fraction of sp³-hybridized carbons (Fsp3) is 0.409. The van der Waals surface area contributed by atoms with Gasteiger partial charge in [0.15, 0.2) is 6.29 Å². The van der Waals surface area contributed by atoms with Crippen molar-refractivity contribution in [3.63, 3.8) is 0 Å². The van der Waals surface area contributed by atoms with E-state index in [1.807, 2.05) is 0 Å². The third-order valence-electron chi connectivity index (χ3n) is 5.77. The highest BCUT2D eigenvalue weighted by Crippen LogP contribution is 2.28. The minimum absolute atomic E-state index is 0.0588. The number of hydrogen-bond acceptors (Lipinski definition) is 5. The van der Waals surface area contributed by atoms with Crippen molar-refractivity contribution in [2.75, 3.05) is 37.7 Å². The van der Waals surface area contributed by atoms with Crippen molar-refractivity contribution in [1.29, 1.82) is 0 Å². The molecule has 2 aliphatic heterocycles. The van der Waals surface area contributed by atoms with Crippen molar-refractivity contribution >= 4 is 33.2 Å². The summed E-state index contributed by atoms with van der Waals surface area (Å²) in [5, 5.41) is 0.445. The monoisotopic (exact) mass is 464 g/mol. The lowest BCUT2D eigenvalue weighted by Gasteiger charge is -2.34. The highest BCUT2D eigenvalue weighted by Gasteiger charge is 2.32. The quantitative estimate of drug-likeness (QED) is 0.678. The Labute approximate surface area is 187 Å². The molecule has 9 heteroatoms. The summed E-state index contributed by atoms with van der Waals surface area (Å²) in [5.41, 5.74) is 0.801. The van der Waals surface area contributed by atoms with E-state index in [-0.39, 0.29) is 23.0 Å². The highest BCUT2D eigenvalue weighted by molar-refractivity contribution is 7.92. The number of halogens is 1. The number of rotatable bonds is 5. The fourth-order valence-corrected chi connectivity index (χ4v) is 5.38. The lowest BCUT2D eigenvalue weighted by molar-refractivity contribution is -0.0956. The number of sulfonamides is 1. The molecular formula is C22H25ClN2O5S. The first-order valence-electron chi connectivity index (χ1n) is 10.2. The molecule has 0 aliphatic carbocycles. The van der Waals surface area contributed by atoms with E-state index in [1.165, 1.54) is 19.2 Å². The number of likely N-dealkylation sites (tertiary alicyclic amines) is 1. The molecule has 4 rings (SSSR count). The van der Waals surface area contributed by atoms with Crippen LogP contribution in [0, 0.1) is 5.92 Å². The molecule has 31 heavy (non-hydrogen) atoms. The zero-order valence-corrected chi connectivity index (χ0v) is 18.8. The van der Waals surface area contributed by atoms with Gasteiger partial charge in [-0.25, -0.2) is 8.42 Å². The van der Waals surface area contributed by atoms with E-state index in [0.29, 0.717) is 42.6 Å². The van der Waals surface area contributed by atoms with Crippen LogP contribution in [-0.2, 0) is 19.5 Å². The van der Waals surface area contributed by atoms with E-state index in [1.54, 1.807) is 41.3 Å². The van der Waals surface area contributed by atoms with Crippen LogP contribution < -0.4 is 4.31 Å². The molecular weight excluding hydrogens is 440 g/mol. The molecule has 2 aromatic rings. The summed E-state index contributed by atoms with van der Waals surface area (Å²) in [7, 11) is -2.38. The normalized spacial score (nSPS) is 18.3. The second kappa shape index (κ2) is 9.16. The molecule has 0 aromatic heterocycles. The van der Waals surface area contributed by atoms with Gasteiger partial charge in [-0.2, -0.15) is 0 Å². The Kier molecular flexibility index (Phi) is 6.52. The first-order chi connectivity index (χ1) is 14.9.